The number of carbonyl (C=O) groups is 1. The number of tetrazole rings is 1. The number of benzene rings is 3. The van der Waals surface area contributed by atoms with Gasteiger partial charge in [-0.05, 0) is 78.4 Å². The fourth-order valence-corrected chi connectivity index (χ4v) is 4.34. The first-order valence-corrected chi connectivity index (χ1v) is 12.5. The molecule has 0 fully saturated rings. The predicted molar refractivity (Wildman–Crippen MR) is 146 cm³/mol. The summed E-state index contributed by atoms with van der Waals surface area (Å²) in [6.45, 7) is 4.45. The molecule has 5 rings (SSSR count). The minimum atomic E-state index is -0.324. The molecule has 12 heteroatoms. The Kier molecular flexibility index (Phi) is 7.17. The number of halogens is 2. The normalized spacial score (nSPS) is 11.9. The summed E-state index contributed by atoms with van der Waals surface area (Å²) in [5.74, 6) is 0.636. The lowest BCUT2D eigenvalue weighted by atomic mass is 10.1. The van der Waals surface area contributed by atoms with Crippen molar-refractivity contribution in [3.63, 3.8) is 0 Å². The first-order valence-electron chi connectivity index (χ1n) is 11.8. The largest absolute Gasteiger partial charge is 0.491 e. The monoisotopic (exact) mass is 550 g/mol. The number of imidazole rings is 1. The molecule has 2 aromatic heterocycles. The Morgan fingerprint density at radius 1 is 1.05 bits per heavy atom. The minimum Gasteiger partial charge on any atom is -0.491 e. The standard InChI is InChI=1S/C26H24Cl2N8O2/c1-15(2)38-19-10-8-18(9-11-19)29-26-35(3)22-12-20(27)21(28)13-23(22)36(26)14-16-4-6-17(7-5-16)24(37)30-25-31-33-34-32-25/h4-13,15H,14H2,1-3H3,(H2,30,31,32,33,34,37). The second-order valence-corrected chi connectivity index (χ2v) is 9.69. The van der Waals surface area contributed by atoms with Crippen LogP contribution in [0.1, 0.15) is 29.8 Å². The fourth-order valence-electron chi connectivity index (χ4n) is 4.02. The van der Waals surface area contributed by atoms with Crippen LogP contribution in [0.15, 0.2) is 65.7 Å². The van der Waals surface area contributed by atoms with Crippen molar-refractivity contribution in [1.82, 2.24) is 29.8 Å². The second kappa shape index (κ2) is 10.7. The third-order valence-corrected chi connectivity index (χ3v) is 6.50. The highest BCUT2D eigenvalue weighted by Gasteiger charge is 2.14. The number of amides is 1. The van der Waals surface area contributed by atoms with Crippen LogP contribution in [0.3, 0.4) is 0 Å². The van der Waals surface area contributed by atoms with Crippen LogP contribution in [0.5, 0.6) is 5.75 Å². The number of aryl methyl sites for hydroxylation is 1. The van der Waals surface area contributed by atoms with Gasteiger partial charge in [-0.15, -0.1) is 0 Å². The fraction of sp³-hybridized carbons (Fsp3) is 0.192. The Morgan fingerprint density at radius 2 is 1.74 bits per heavy atom. The lowest BCUT2D eigenvalue weighted by Gasteiger charge is -2.09. The van der Waals surface area contributed by atoms with Gasteiger partial charge in [0.05, 0.1) is 39.4 Å². The van der Waals surface area contributed by atoms with E-state index in [1.54, 1.807) is 12.1 Å². The van der Waals surface area contributed by atoms with Crippen LogP contribution in [-0.4, -0.2) is 41.8 Å². The van der Waals surface area contributed by atoms with Gasteiger partial charge in [0.2, 0.25) is 11.6 Å². The van der Waals surface area contributed by atoms with Crippen LogP contribution in [0.4, 0.5) is 11.6 Å². The zero-order valence-electron chi connectivity index (χ0n) is 20.8. The average molecular weight is 551 g/mol. The molecule has 2 N–H and O–H groups in total. The molecule has 194 valence electrons. The van der Waals surface area contributed by atoms with Gasteiger partial charge in [0, 0.05) is 12.6 Å². The van der Waals surface area contributed by atoms with Crippen LogP contribution >= 0.6 is 23.2 Å². The molecular weight excluding hydrogens is 527 g/mol. The van der Waals surface area contributed by atoms with Crippen molar-refractivity contribution >= 4 is 51.8 Å². The van der Waals surface area contributed by atoms with Gasteiger partial charge in [-0.1, -0.05) is 40.4 Å². The van der Waals surface area contributed by atoms with E-state index in [0.717, 1.165) is 28.0 Å². The van der Waals surface area contributed by atoms with Crippen LogP contribution in [0, 0.1) is 0 Å². The van der Waals surface area contributed by atoms with E-state index in [2.05, 4.69) is 30.5 Å². The highest BCUT2D eigenvalue weighted by atomic mass is 35.5. The smallest absolute Gasteiger partial charge is 0.258 e. The lowest BCUT2D eigenvalue weighted by molar-refractivity contribution is 0.102. The molecule has 0 unspecified atom stereocenters. The number of aromatic nitrogens is 6. The molecule has 2 heterocycles. The maximum atomic E-state index is 12.5. The summed E-state index contributed by atoms with van der Waals surface area (Å²) < 4.78 is 9.79. The zero-order valence-corrected chi connectivity index (χ0v) is 22.3. The van der Waals surface area contributed by atoms with E-state index in [9.17, 15) is 4.79 Å². The third kappa shape index (κ3) is 5.41. The van der Waals surface area contributed by atoms with Crippen LogP contribution in [0.2, 0.25) is 10.0 Å². The maximum Gasteiger partial charge on any atom is 0.258 e. The molecule has 0 atom stereocenters. The van der Waals surface area contributed by atoms with Gasteiger partial charge in [0.25, 0.3) is 5.91 Å². The number of ether oxygens (including phenoxy) is 1. The van der Waals surface area contributed by atoms with Crippen molar-refractivity contribution in [2.24, 2.45) is 12.0 Å². The Hall–Kier alpha value is -4.15. The maximum absolute atomic E-state index is 12.5. The number of aromatic amines is 1. The first-order chi connectivity index (χ1) is 18.3. The predicted octanol–water partition coefficient (Wildman–Crippen LogP) is 5.12. The van der Waals surface area contributed by atoms with Crippen LogP contribution < -0.4 is 15.7 Å². The summed E-state index contributed by atoms with van der Waals surface area (Å²) >= 11 is 12.7. The van der Waals surface area contributed by atoms with Crippen molar-refractivity contribution in [2.45, 2.75) is 26.5 Å². The van der Waals surface area contributed by atoms with E-state index in [1.165, 1.54) is 0 Å². The lowest BCUT2D eigenvalue weighted by Crippen LogP contribution is -2.24. The summed E-state index contributed by atoms with van der Waals surface area (Å²) in [6.07, 6.45) is 0.0873. The highest BCUT2D eigenvalue weighted by molar-refractivity contribution is 6.42. The highest BCUT2D eigenvalue weighted by Crippen LogP contribution is 2.28. The Labute approximate surface area is 227 Å². The number of nitrogens with one attached hydrogen (secondary N) is 2. The zero-order chi connectivity index (χ0) is 26.8. The number of anilines is 1. The van der Waals surface area contributed by atoms with E-state index in [4.69, 9.17) is 32.9 Å². The summed E-state index contributed by atoms with van der Waals surface area (Å²) in [5, 5.41) is 16.6. The van der Waals surface area contributed by atoms with Gasteiger partial charge >= 0.3 is 0 Å². The Balaban J connectivity index is 1.52. The molecule has 38 heavy (non-hydrogen) atoms. The molecule has 0 aliphatic heterocycles. The molecular formula is C26H24Cl2N8O2. The number of hydrogen-bond acceptors (Lipinski definition) is 6. The summed E-state index contributed by atoms with van der Waals surface area (Å²) in [4.78, 5) is 17.4. The number of nitrogens with zero attached hydrogens (tertiary/aromatic N) is 6. The second-order valence-electron chi connectivity index (χ2n) is 8.87. The van der Waals surface area contributed by atoms with E-state index in [1.807, 2.05) is 74.0 Å². The topological polar surface area (TPSA) is 115 Å². The molecule has 5 aromatic rings. The Bertz CT molecular complexity index is 1660. The molecule has 1 amide bonds. The Morgan fingerprint density at radius 3 is 2.37 bits per heavy atom. The van der Waals surface area contributed by atoms with Gasteiger partial charge in [-0.3, -0.25) is 10.1 Å². The molecule has 0 spiro atoms. The number of rotatable bonds is 7. The van der Waals surface area contributed by atoms with Crippen molar-refractivity contribution in [3.8, 4) is 5.75 Å². The molecule has 0 bridgehead atoms. The number of H-pyrrole nitrogens is 1. The van der Waals surface area contributed by atoms with E-state index < -0.39 is 0 Å². The quantitative estimate of drug-likeness (QED) is 0.292. The van der Waals surface area contributed by atoms with E-state index >= 15 is 0 Å². The number of carbonyl (C=O) groups excluding carboxylic acids is 1. The van der Waals surface area contributed by atoms with E-state index in [-0.39, 0.29) is 18.0 Å². The van der Waals surface area contributed by atoms with Gasteiger partial charge in [-0.25, -0.2) is 10.1 Å². The molecule has 10 nitrogen and oxygen atoms in total. The SMILES string of the molecule is CC(C)Oc1ccc(N=c2n(C)c3cc(Cl)c(Cl)cc3n2Cc2ccc(C(=O)Nc3nnn[nH]3)cc2)cc1. The first kappa shape index (κ1) is 25.5. The number of fused-ring (bicyclic) bond motifs is 1. The van der Waals surface area contributed by atoms with Crippen LogP contribution in [0.25, 0.3) is 11.0 Å². The molecule has 0 aliphatic rings. The minimum absolute atomic E-state index is 0.0873. The molecule has 3 aromatic carbocycles. The number of hydrogen-bond donors (Lipinski definition) is 2. The van der Waals surface area contributed by atoms with Crippen molar-refractivity contribution in [2.75, 3.05) is 5.32 Å². The van der Waals surface area contributed by atoms with Gasteiger partial charge in [0.1, 0.15) is 5.75 Å². The molecule has 0 saturated heterocycles. The van der Waals surface area contributed by atoms with Crippen molar-refractivity contribution < 1.29 is 9.53 Å². The van der Waals surface area contributed by atoms with Crippen molar-refractivity contribution in [1.29, 1.82) is 0 Å². The molecule has 0 radical (unpaired) electrons. The molecule has 0 saturated carbocycles. The van der Waals surface area contributed by atoms with Gasteiger partial charge in [0.15, 0.2) is 0 Å². The van der Waals surface area contributed by atoms with Crippen LogP contribution in [-0.2, 0) is 13.6 Å². The summed E-state index contributed by atoms with van der Waals surface area (Å²) in [5.41, 5.74) is 4.66. The average Bonchev–Trinajstić information content (AvgIpc) is 3.48. The summed E-state index contributed by atoms with van der Waals surface area (Å²) in [6, 6.07) is 18.6. The van der Waals surface area contributed by atoms with Crippen molar-refractivity contribution in [3.05, 3.63) is 87.5 Å². The van der Waals surface area contributed by atoms with Gasteiger partial charge < -0.3 is 13.9 Å². The summed E-state index contributed by atoms with van der Waals surface area (Å²) in [7, 11) is 1.93. The van der Waals surface area contributed by atoms with Gasteiger partial charge in [-0.2, -0.15) is 0 Å². The third-order valence-electron chi connectivity index (χ3n) is 5.78. The van der Waals surface area contributed by atoms with E-state index in [0.29, 0.717) is 27.8 Å². The molecule has 0 aliphatic carbocycles.